The first-order valence-electron chi connectivity index (χ1n) is 7.47. The van der Waals surface area contributed by atoms with Crippen LogP contribution in [-0.2, 0) is 11.3 Å². The van der Waals surface area contributed by atoms with Crippen LogP contribution >= 0.6 is 11.6 Å². The van der Waals surface area contributed by atoms with Crippen molar-refractivity contribution in [3.05, 3.63) is 58.6 Å². The molecule has 0 saturated carbocycles. The van der Waals surface area contributed by atoms with E-state index in [-0.39, 0.29) is 35.2 Å². The van der Waals surface area contributed by atoms with Gasteiger partial charge in [0.1, 0.15) is 24.6 Å². The summed E-state index contributed by atoms with van der Waals surface area (Å²) in [6.07, 6.45) is -3.63. The van der Waals surface area contributed by atoms with E-state index in [9.17, 15) is 20.1 Å². The van der Waals surface area contributed by atoms with E-state index < -0.39 is 18.3 Å². The van der Waals surface area contributed by atoms with Gasteiger partial charge in [0, 0.05) is 17.1 Å². The molecule has 7 nitrogen and oxygen atoms in total. The van der Waals surface area contributed by atoms with Gasteiger partial charge in [0.15, 0.2) is 0 Å². The first kappa shape index (κ1) is 18.9. The zero-order chi connectivity index (χ0) is 18.4. The molecule has 2 aromatic rings. The van der Waals surface area contributed by atoms with Crippen LogP contribution in [-0.4, -0.2) is 34.1 Å². The van der Waals surface area contributed by atoms with Crippen LogP contribution in [0.1, 0.15) is 17.2 Å². The molecule has 0 heterocycles. The topological polar surface area (TPSA) is 125 Å². The number of nitrogens with one attached hydrogen (secondary N) is 1. The fraction of sp³-hybridized carbons (Fsp3) is 0.235. The Morgan fingerprint density at radius 2 is 1.92 bits per heavy atom. The lowest BCUT2D eigenvalue weighted by molar-refractivity contribution is 0.0172. The van der Waals surface area contributed by atoms with Crippen molar-refractivity contribution in [1.29, 1.82) is 0 Å². The quantitative estimate of drug-likeness (QED) is 0.393. The average molecular weight is 367 g/mol. The minimum absolute atomic E-state index is 0.0241. The monoisotopic (exact) mass is 366 g/mol. The highest BCUT2D eigenvalue weighted by atomic mass is 35.5. The number of rotatable bonds is 6. The Morgan fingerprint density at radius 3 is 2.60 bits per heavy atom. The molecule has 0 fully saturated rings. The summed E-state index contributed by atoms with van der Waals surface area (Å²) in [6, 6.07) is 11.7. The second-order valence-corrected chi connectivity index (χ2v) is 5.82. The minimum Gasteiger partial charge on any atom is -0.505 e. The van der Waals surface area contributed by atoms with Crippen LogP contribution in [0.15, 0.2) is 42.5 Å². The number of phenols is 1. The molecule has 0 bridgehead atoms. The molecule has 8 heteroatoms. The number of hydrogen-bond donors (Lipinski definition) is 5. The summed E-state index contributed by atoms with van der Waals surface area (Å²) in [7, 11) is 0. The van der Waals surface area contributed by atoms with Crippen LogP contribution in [0.5, 0.6) is 5.75 Å². The van der Waals surface area contributed by atoms with Crippen LogP contribution in [0.3, 0.4) is 0 Å². The number of anilines is 1. The van der Waals surface area contributed by atoms with E-state index in [4.69, 9.17) is 22.1 Å². The van der Waals surface area contributed by atoms with Crippen molar-refractivity contribution < 1.29 is 24.9 Å². The first-order chi connectivity index (χ1) is 11.9. The first-order valence-corrected chi connectivity index (χ1v) is 7.85. The van der Waals surface area contributed by atoms with Gasteiger partial charge in [-0.3, -0.25) is 0 Å². The molecule has 134 valence electrons. The van der Waals surface area contributed by atoms with E-state index in [1.165, 1.54) is 12.1 Å². The van der Waals surface area contributed by atoms with Gasteiger partial charge in [-0.1, -0.05) is 41.9 Å². The number of benzene rings is 2. The van der Waals surface area contributed by atoms with Gasteiger partial charge < -0.3 is 31.1 Å². The zero-order valence-electron chi connectivity index (χ0n) is 13.2. The summed E-state index contributed by atoms with van der Waals surface area (Å²) in [5.41, 5.74) is 6.32. The fourth-order valence-corrected chi connectivity index (χ4v) is 2.38. The van der Waals surface area contributed by atoms with Crippen molar-refractivity contribution in [1.82, 2.24) is 5.32 Å². The molecule has 0 saturated heterocycles. The number of aliphatic hydroxyl groups excluding tert-OH is 2. The second kappa shape index (κ2) is 8.57. The van der Waals surface area contributed by atoms with Crippen LogP contribution in [0.4, 0.5) is 10.5 Å². The summed E-state index contributed by atoms with van der Waals surface area (Å²) in [4.78, 5) is 11.6. The van der Waals surface area contributed by atoms with Crippen LogP contribution in [0, 0.1) is 0 Å². The van der Waals surface area contributed by atoms with Gasteiger partial charge in [0.2, 0.25) is 0 Å². The fourth-order valence-electron chi connectivity index (χ4n) is 2.15. The highest BCUT2D eigenvalue weighted by Crippen LogP contribution is 2.34. The number of alkyl carbamates (subject to hydrolysis) is 1. The van der Waals surface area contributed by atoms with E-state index in [1.807, 2.05) is 18.2 Å². The molecule has 0 aliphatic rings. The van der Waals surface area contributed by atoms with Gasteiger partial charge in [0.25, 0.3) is 0 Å². The SMILES string of the molecule is Nc1cc(Cl)cc(C(O)C(O)CNC(=O)OCc2ccccc2)c1O. The number of hydrogen-bond acceptors (Lipinski definition) is 6. The Balaban J connectivity index is 1.87. The van der Waals surface area contributed by atoms with Crippen molar-refractivity contribution in [2.24, 2.45) is 0 Å². The Bertz CT molecular complexity index is 726. The molecule has 2 atom stereocenters. The molecule has 2 unspecified atom stereocenters. The lowest BCUT2D eigenvalue weighted by Crippen LogP contribution is -2.35. The van der Waals surface area contributed by atoms with E-state index in [2.05, 4.69) is 5.32 Å². The number of phenolic OH excluding ortho intramolecular Hbond substituents is 1. The molecule has 2 rings (SSSR count). The van der Waals surface area contributed by atoms with Crippen LogP contribution in [0.2, 0.25) is 5.02 Å². The number of aromatic hydroxyl groups is 1. The lowest BCUT2D eigenvalue weighted by atomic mass is 10.0. The highest BCUT2D eigenvalue weighted by molar-refractivity contribution is 6.31. The molecule has 25 heavy (non-hydrogen) atoms. The molecular weight excluding hydrogens is 348 g/mol. The van der Waals surface area contributed by atoms with E-state index in [1.54, 1.807) is 12.1 Å². The molecule has 0 aromatic heterocycles. The molecule has 0 aliphatic carbocycles. The summed E-state index contributed by atoms with van der Waals surface area (Å²) in [5, 5.41) is 32.5. The summed E-state index contributed by atoms with van der Waals surface area (Å²) >= 11 is 5.82. The van der Waals surface area contributed by atoms with Gasteiger partial charge in [-0.15, -0.1) is 0 Å². The number of carbonyl (C=O) groups is 1. The maximum atomic E-state index is 11.6. The van der Waals surface area contributed by atoms with E-state index in [0.717, 1.165) is 5.56 Å². The Kier molecular flexibility index (Phi) is 6.46. The summed E-state index contributed by atoms with van der Waals surface area (Å²) < 4.78 is 4.99. The third kappa shape index (κ3) is 5.25. The van der Waals surface area contributed by atoms with Gasteiger partial charge in [-0.2, -0.15) is 0 Å². The maximum Gasteiger partial charge on any atom is 0.407 e. The number of nitrogen functional groups attached to an aromatic ring is 1. The molecule has 2 aromatic carbocycles. The molecule has 0 radical (unpaired) electrons. The molecule has 0 spiro atoms. The zero-order valence-corrected chi connectivity index (χ0v) is 14.0. The lowest BCUT2D eigenvalue weighted by Gasteiger charge is -2.20. The smallest absolute Gasteiger partial charge is 0.407 e. The number of halogens is 1. The highest BCUT2D eigenvalue weighted by Gasteiger charge is 2.23. The summed E-state index contributed by atoms with van der Waals surface area (Å²) in [6.45, 7) is -0.211. The molecule has 6 N–H and O–H groups in total. The summed E-state index contributed by atoms with van der Waals surface area (Å²) in [5.74, 6) is -0.373. The van der Waals surface area contributed by atoms with Crippen LogP contribution in [0.25, 0.3) is 0 Å². The van der Waals surface area contributed by atoms with Crippen molar-refractivity contribution in [2.75, 3.05) is 12.3 Å². The number of nitrogens with two attached hydrogens (primary N) is 1. The third-order valence-electron chi connectivity index (χ3n) is 3.49. The second-order valence-electron chi connectivity index (χ2n) is 5.39. The molecule has 1 amide bonds. The van der Waals surface area contributed by atoms with E-state index in [0.29, 0.717) is 0 Å². The predicted octanol–water partition coefficient (Wildman–Crippen LogP) is 1.95. The van der Waals surface area contributed by atoms with Crippen LogP contribution < -0.4 is 11.1 Å². The van der Waals surface area contributed by atoms with Gasteiger partial charge in [-0.25, -0.2) is 4.79 Å². The number of amides is 1. The Morgan fingerprint density at radius 1 is 1.24 bits per heavy atom. The number of ether oxygens (including phenoxy) is 1. The molecular formula is C17H19ClN2O5. The third-order valence-corrected chi connectivity index (χ3v) is 3.70. The molecule has 0 aliphatic heterocycles. The van der Waals surface area contributed by atoms with Crippen molar-refractivity contribution in [2.45, 2.75) is 18.8 Å². The van der Waals surface area contributed by atoms with E-state index >= 15 is 0 Å². The Hall–Kier alpha value is -2.48. The number of carbonyl (C=O) groups excluding carboxylic acids is 1. The van der Waals surface area contributed by atoms with Crippen molar-refractivity contribution in [3.8, 4) is 5.75 Å². The number of aliphatic hydroxyl groups is 2. The largest absolute Gasteiger partial charge is 0.505 e. The van der Waals surface area contributed by atoms with Crippen molar-refractivity contribution in [3.63, 3.8) is 0 Å². The van der Waals surface area contributed by atoms with Gasteiger partial charge in [0.05, 0.1) is 5.69 Å². The predicted molar refractivity (Wildman–Crippen MR) is 93.1 cm³/mol. The average Bonchev–Trinajstić information content (AvgIpc) is 2.61. The van der Waals surface area contributed by atoms with Gasteiger partial charge in [-0.05, 0) is 17.7 Å². The Labute approximate surface area is 149 Å². The maximum absolute atomic E-state index is 11.6. The van der Waals surface area contributed by atoms with Gasteiger partial charge >= 0.3 is 6.09 Å². The minimum atomic E-state index is -1.49. The normalized spacial score (nSPS) is 13.1. The standard InChI is InChI=1S/C17H19ClN2O5/c18-11-6-12(15(22)13(19)7-11)16(23)14(21)8-20-17(24)25-9-10-4-2-1-3-5-10/h1-7,14,16,21-23H,8-9,19H2,(H,20,24). The van der Waals surface area contributed by atoms with Crippen molar-refractivity contribution >= 4 is 23.4 Å².